The van der Waals surface area contributed by atoms with Crippen molar-refractivity contribution in [3.63, 3.8) is 0 Å². The van der Waals surface area contributed by atoms with Crippen LogP contribution in [0, 0.1) is 0 Å². The van der Waals surface area contributed by atoms with Crippen LogP contribution in [0.1, 0.15) is 43.9 Å². The maximum Gasteiger partial charge on any atom is 0.0566 e. The molecular formula is C13H24N4. The minimum atomic E-state index is 0.591. The first kappa shape index (κ1) is 12.6. The van der Waals surface area contributed by atoms with Gasteiger partial charge in [0.2, 0.25) is 0 Å². The number of hydrogen-bond acceptors (Lipinski definition) is 3. The van der Waals surface area contributed by atoms with E-state index in [-0.39, 0.29) is 0 Å². The van der Waals surface area contributed by atoms with E-state index < -0.39 is 0 Å². The third-order valence-corrected chi connectivity index (χ3v) is 3.94. The highest BCUT2D eigenvalue weighted by Crippen LogP contribution is 2.22. The van der Waals surface area contributed by atoms with Gasteiger partial charge in [0.15, 0.2) is 0 Å². The van der Waals surface area contributed by atoms with E-state index in [4.69, 9.17) is 5.73 Å². The molecule has 1 aromatic heterocycles. The number of rotatable bonds is 4. The SMILES string of the molecule is CCC1CCCCN1Cc1c(CN)cnn1C. The van der Waals surface area contributed by atoms with Crippen LogP contribution in [0.4, 0.5) is 0 Å². The van der Waals surface area contributed by atoms with Gasteiger partial charge in [-0.3, -0.25) is 9.58 Å². The summed E-state index contributed by atoms with van der Waals surface area (Å²) in [5, 5.41) is 4.31. The summed E-state index contributed by atoms with van der Waals surface area (Å²) < 4.78 is 1.98. The first-order valence-electron chi connectivity index (χ1n) is 6.70. The summed E-state index contributed by atoms with van der Waals surface area (Å²) in [5.74, 6) is 0. The molecule has 1 aliphatic heterocycles. The summed E-state index contributed by atoms with van der Waals surface area (Å²) in [6, 6.07) is 0.740. The molecule has 0 aliphatic carbocycles. The average molecular weight is 236 g/mol. The molecule has 0 bridgehead atoms. The van der Waals surface area contributed by atoms with Crippen LogP contribution >= 0.6 is 0 Å². The van der Waals surface area contributed by atoms with Crippen molar-refractivity contribution >= 4 is 0 Å². The number of piperidine rings is 1. The van der Waals surface area contributed by atoms with Gasteiger partial charge in [-0.05, 0) is 25.8 Å². The first-order valence-corrected chi connectivity index (χ1v) is 6.70. The van der Waals surface area contributed by atoms with E-state index in [9.17, 15) is 0 Å². The van der Waals surface area contributed by atoms with Gasteiger partial charge in [-0.25, -0.2) is 0 Å². The van der Waals surface area contributed by atoms with E-state index in [2.05, 4.69) is 16.9 Å². The topological polar surface area (TPSA) is 47.1 Å². The van der Waals surface area contributed by atoms with Crippen molar-refractivity contribution in [3.8, 4) is 0 Å². The predicted molar refractivity (Wildman–Crippen MR) is 69.4 cm³/mol. The molecule has 1 aliphatic rings. The number of likely N-dealkylation sites (tertiary alicyclic amines) is 1. The lowest BCUT2D eigenvalue weighted by molar-refractivity contribution is 0.132. The van der Waals surface area contributed by atoms with Crippen LogP contribution in [0.3, 0.4) is 0 Å². The van der Waals surface area contributed by atoms with E-state index in [0.29, 0.717) is 6.54 Å². The maximum atomic E-state index is 5.76. The van der Waals surface area contributed by atoms with Crippen molar-refractivity contribution in [1.82, 2.24) is 14.7 Å². The molecule has 4 nitrogen and oxygen atoms in total. The van der Waals surface area contributed by atoms with Crippen molar-refractivity contribution < 1.29 is 0 Å². The first-order chi connectivity index (χ1) is 8.26. The highest BCUT2D eigenvalue weighted by Gasteiger charge is 2.22. The fraction of sp³-hybridized carbons (Fsp3) is 0.769. The standard InChI is InChI=1S/C13H24N4/c1-3-12-6-4-5-7-17(12)10-13-11(8-14)9-15-16(13)2/h9,12H,3-8,10,14H2,1-2H3. The lowest BCUT2D eigenvalue weighted by Crippen LogP contribution is -2.39. The molecule has 0 saturated carbocycles. The van der Waals surface area contributed by atoms with Gasteiger partial charge in [0.05, 0.1) is 11.9 Å². The number of nitrogens with two attached hydrogens (primary N) is 1. The molecule has 0 amide bonds. The molecule has 1 unspecified atom stereocenters. The lowest BCUT2D eigenvalue weighted by atomic mass is 9.99. The largest absolute Gasteiger partial charge is 0.326 e. The summed E-state index contributed by atoms with van der Waals surface area (Å²) in [6.07, 6.45) is 7.19. The summed E-state index contributed by atoms with van der Waals surface area (Å²) in [6.45, 7) is 5.10. The minimum Gasteiger partial charge on any atom is -0.326 e. The van der Waals surface area contributed by atoms with Crippen molar-refractivity contribution in [2.75, 3.05) is 6.54 Å². The Morgan fingerprint density at radius 3 is 3.00 bits per heavy atom. The van der Waals surface area contributed by atoms with Crippen LogP contribution in [0.2, 0.25) is 0 Å². The third-order valence-electron chi connectivity index (χ3n) is 3.94. The monoisotopic (exact) mass is 236 g/mol. The second kappa shape index (κ2) is 5.65. The molecule has 4 heteroatoms. The molecule has 0 spiro atoms. The molecule has 96 valence electrons. The van der Waals surface area contributed by atoms with Crippen LogP contribution in [0.25, 0.3) is 0 Å². The molecule has 0 aromatic carbocycles. The molecule has 1 saturated heterocycles. The van der Waals surface area contributed by atoms with Crippen molar-refractivity contribution in [1.29, 1.82) is 0 Å². The van der Waals surface area contributed by atoms with Crippen LogP contribution < -0.4 is 5.73 Å². The lowest BCUT2D eigenvalue weighted by Gasteiger charge is -2.35. The maximum absolute atomic E-state index is 5.76. The van der Waals surface area contributed by atoms with Gasteiger partial charge >= 0.3 is 0 Å². The summed E-state index contributed by atoms with van der Waals surface area (Å²) >= 11 is 0. The molecule has 2 rings (SSSR count). The third kappa shape index (κ3) is 2.69. The van der Waals surface area contributed by atoms with Gasteiger partial charge in [0.25, 0.3) is 0 Å². The number of aromatic nitrogens is 2. The molecular weight excluding hydrogens is 212 g/mol. The molecule has 2 N–H and O–H groups in total. The van der Waals surface area contributed by atoms with Crippen LogP contribution in [-0.2, 0) is 20.1 Å². The Kier molecular flexibility index (Phi) is 4.18. The predicted octanol–water partition coefficient (Wildman–Crippen LogP) is 1.64. The van der Waals surface area contributed by atoms with Gasteiger partial charge in [0.1, 0.15) is 0 Å². The second-order valence-electron chi connectivity index (χ2n) is 4.97. The molecule has 1 aromatic rings. The zero-order valence-corrected chi connectivity index (χ0v) is 11.0. The number of hydrogen-bond donors (Lipinski definition) is 1. The normalized spacial score (nSPS) is 21.9. The van der Waals surface area contributed by atoms with Gasteiger partial charge in [-0.15, -0.1) is 0 Å². The number of aryl methyl sites for hydroxylation is 1. The highest BCUT2D eigenvalue weighted by molar-refractivity contribution is 5.17. The van der Waals surface area contributed by atoms with Gasteiger partial charge in [-0.2, -0.15) is 5.10 Å². The second-order valence-corrected chi connectivity index (χ2v) is 4.97. The Balaban J connectivity index is 2.10. The zero-order chi connectivity index (χ0) is 12.3. The minimum absolute atomic E-state index is 0.591. The van der Waals surface area contributed by atoms with Crippen molar-refractivity contribution in [3.05, 3.63) is 17.5 Å². The summed E-state index contributed by atoms with van der Waals surface area (Å²) in [7, 11) is 2.01. The fourth-order valence-electron chi connectivity index (χ4n) is 2.81. The summed E-state index contributed by atoms with van der Waals surface area (Å²) in [5.41, 5.74) is 8.24. The highest BCUT2D eigenvalue weighted by atomic mass is 15.3. The molecule has 0 radical (unpaired) electrons. The Morgan fingerprint density at radius 1 is 1.47 bits per heavy atom. The Hall–Kier alpha value is -0.870. The molecule has 1 atom stereocenters. The quantitative estimate of drug-likeness (QED) is 0.864. The Labute approximate surface area is 104 Å². The Bertz CT molecular complexity index is 358. The van der Waals surface area contributed by atoms with E-state index in [0.717, 1.165) is 12.6 Å². The summed E-state index contributed by atoms with van der Waals surface area (Å²) in [4.78, 5) is 2.60. The van der Waals surface area contributed by atoms with Gasteiger partial charge in [-0.1, -0.05) is 13.3 Å². The van der Waals surface area contributed by atoms with Crippen LogP contribution in [0.15, 0.2) is 6.20 Å². The number of nitrogens with zero attached hydrogens (tertiary/aromatic N) is 3. The molecule has 17 heavy (non-hydrogen) atoms. The Morgan fingerprint density at radius 2 is 2.29 bits per heavy atom. The van der Waals surface area contributed by atoms with Crippen LogP contribution in [0.5, 0.6) is 0 Å². The van der Waals surface area contributed by atoms with E-state index in [1.165, 1.54) is 43.5 Å². The zero-order valence-electron chi connectivity index (χ0n) is 11.0. The van der Waals surface area contributed by atoms with Gasteiger partial charge in [0, 0.05) is 31.7 Å². The van der Waals surface area contributed by atoms with E-state index in [1.54, 1.807) is 0 Å². The van der Waals surface area contributed by atoms with Crippen LogP contribution in [-0.4, -0.2) is 27.3 Å². The smallest absolute Gasteiger partial charge is 0.0566 e. The average Bonchev–Trinajstić information content (AvgIpc) is 2.71. The molecule has 1 fully saturated rings. The van der Waals surface area contributed by atoms with E-state index >= 15 is 0 Å². The van der Waals surface area contributed by atoms with E-state index in [1.807, 2.05) is 17.9 Å². The van der Waals surface area contributed by atoms with Gasteiger partial charge < -0.3 is 5.73 Å². The van der Waals surface area contributed by atoms with Crippen molar-refractivity contribution in [2.24, 2.45) is 12.8 Å². The molecule has 2 heterocycles. The van der Waals surface area contributed by atoms with Crippen molar-refractivity contribution in [2.45, 2.75) is 51.7 Å². The fourth-order valence-corrected chi connectivity index (χ4v) is 2.81.